The Morgan fingerprint density at radius 1 is 1.26 bits per heavy atom. The molecular formula is C10H19NO7S. The van der Waals surface area contributed by atoms with Crippen molar-refractivity contribution in [1.29, 1.82) is 0 Å². The first kappa shape index (κ1) is 16.6. The average Bonchev–Trinajstić information content (AvgIpc) is 2.42. The van der Waals surface area contributed by atoms with Crippen LogP contribution in [0.1, 0.15) is 0 Å². The van der Waals surface area contributed by atoms with E-state index in [2.05, 4.69) is 17.9 Å². The molecule has 19 heavy (non-hydrogen) atoms. The number of aliphatic hydroxyl groups is 4. The van der Waals surface area contributed by atoms with E-state index in [4.69, 9.17) is 14.6 Å². The fourth-order valence-corrected chi connectivity index (χ4v) is 1.74. The Hall–Kier alpha value is -0.420. The van der Waals surface area contributed by atoms with E-state index in [1.165, 1.54) is 0 Å². The number of thiol groups is 1. The van der Waals surface area contributed by atoms with Crippen LogP contribution in [0.5, 0.6) is 0 Å². The molecule has 1 aliphatic heterocycles. The van der Waals surface area contributed by atoms with Crippen LogP contribution >= 0.6 is 12.6 Å². The highest BCUT2D eigenvalue weighted by atomic mass is 32.1. The van der Waals surface area contributed by atoms with Gasteiger partial charge in [0.1, 0.15) is 24.4 Å². The molecule has 0 aromatic carbocycles. The van der Waals surface area contributed by atoms with Gasteiger partial charge in [0, 0.05) is 6.54 Å². The molecule has 0 radical (unpaired) electrons. The van der Waals surface area contributed by atoms with Crippen LogP contribution in [-0.4, -0.2) is 82.6 Å². The number of carbonyl (C=O) groups is 1. The third-order valence-corrected chi connectivity index (χ3v) is 2.99. The fraction of sp³-hybridized carbons (Fsp3) is 0.900. The summed E-state index contributed by atoms with van der Waals surface area (Å²) in [6, 6.07) is 0. The second-order valence-electron chi connectivity index (χ2n) is 4.08. The SMILES string of the molecule is O=C(CS)NCCO[C@@H]1O[C@H](CO)[C@H](O)[C@H](O)[C@H]1O. The van der Waals surface area contributed by atoms with Crippen molar-refractivity contribution in [2.24, 2.45) is 0 Å². The topological polar surface area (TPSA) is 128 Å². The summed E-state index contributed by atoms with van der Waals surface area (Å²) in [6.07, 6.45) is -6.50. The van der Waals surface area contributed by atoms with Gasteiger partial charge in [-0.1, -0.05) is 0 Å². The highest BCUT2D eigenvalue weighted by Gasteiger charge is 2.43. The zero-order valence-electron chi connectivity index (χ0n) is 10.2. The van der Waals surface area contributed by atoms with Crippen LogP contribution in [0.3, 0.4) is 0 Å². The Kier molecular flexibility index (Phi) is 7.00. The molecule has 1 saturated heterocycles. The lowest BCUT2D eigenvalue weighted by atomic mass is 9.99. The van der Waals surface area contributed by atoms with Crippen LogP contribution in [-0.2, 0) is 14.3 Å². The van der Waals surface area contributed by atoms with E-state index in [0.29, 0.717) is 0 Å². The van der Waals surface area contributed by atoms with E-state index in [0.717, 1.165) is 0 Å². The van der Waals surface area contributed by atoms with Gasteiger partial charge in [0.05, 0.1) is 19.0 Å². The summed E-state index contributed by atoms with van der Waals surface area (Å²) in [5.74, 6) is -0.208. The summed E-state index contributed by atoms with van der Waals surface area (Å²) in [4.78, 5) is 10.9. The first-order chi connectivity index (χ1) is 9.01. The molecular weight excluding hydrogens is 278 g/mol. The van der Waals surface area contributed by atoms with Gasteiger partial charge in [-0.25, -0.2) is 0 Å². The summed E-state index contributed by atoms with van der Waals surface area (Å²) >= 11 is 3.77. The molecule has 0 unspecified atom stereocenters. The molecule has 1 aliphatic rings. The van der Waals surface area contributed by atoms with E-state index in [-0.39, 0.29) is 24.8 Å². The van der Waals surface area contributed by atoms with Crippen molar-refractivity contribution < 1.29 is 34.7 Å². The third-order valence-electron chi connectivity index (χ3n) is 2.70. The number of ether oxygens (including phenoxy) is 2. The summed E-state index contributed by atoms with van der Waals surface area (Å²) < 4.78 is 10.3. The molecule has 1 rings (SSSR count). The zero-order chi connectivity index (χ0) is 14.4. The van der Waals surface area contributed by atoms with Gasteiger partial charge in [-0.15, -0.1) is 0 Å². The zero-order valence-corrected chi connectivity index (χ0v) is 11.1. The molecule has 0 aromatic rings. The largest absolute Gasteiger partial charge is 0.394 e. The van der Waals surface area contributed by atoms with Crippen molar-refractivity contribution in [1.82, 2.24) is 5.32 Å². The number of amides is 1. The van der Waals surface area contributed by atoms with Crippen molar-refractivity contribution in [3.05, 3.63) is 0 Å². The van der Waals surface area contributed by atoms with E-state index < -0.39 is 37.3 Å². The first-order valence-corrected chi connectivity index (χ1v) is 6.44. The Morgan fingerprint density at radius 2 is 1.95 bits per heavy atom. The van der Waals surface area contributed by atoms with Crippen LogP contribution in [0.25, 0.3) is 0 Å². The Morgan fingerprint density at radius 3 is 2.53 bits per heavy atom. The second kappa shape index (κ2) is 8.00. The molecule has 0 aromatic heterocycles. The van der Waals surface area contributed by atoms with Gasteiger partial charge < -0.3 is 35.2 Å². The Labute approximate surface area is 115 Å². The van der Waals surface area contributed by atoms with Crippen molar-refractivity contribution >= 4 is 18.5 Å². The average molecular weight is 297 g/mol. The highest BCUT2D eigenvalue weighted by Crippen LogP contribution is 2.21. The first-order valence-electron chi connectivity index (χ1n) is 5.81. The van der Waals surface area contributed by atoms with E-state index >= 15 is 0 Å². The van der Waals surface area contributed by atoms with Crippen LogP contribution in [0.4, 0.5) is 0 Å². The summed E-state index contributed by atoms with van der Waals surface area (Å²) in [7, 11) is 0. The number of hydrogen-bond donors (Lipinski definition) is 6. The second-order valence-corrected chi connectivity index (χ2v) is 4.39. The van der Waals surface area contributed by atoms with E-state index in [9.17, 15) is 20.1 Å². The minimum Gasteiger partial charge on any atom is -0.394 e. The molecule has 5 N–H and O–H groups in total. The number of aliphatic hydroxyl groups excluding tert-OH is 4. The molecule has 8 nitrogen and oxygen atoms in total. The molecule has 1 amide bonds. The number of rotatable bonds is 6. The molecule has 0 saturated carbocycles. The number of carbonyl (C=O) groups excluding carboxylic acids is 1. The molecule has 0 spiro atoms. The van der Waals surface area contributed by atoms with Crippen molar-refractivity contribution in [2.75, 3.05) is 25.5 Å². The van der Waals surface area contributed by atoms with Crippen LogP contribution in [0, 0.1) is 0 Å². The third kappa shape index (κ3) is 4.56. The Balaban J connectivity index is 2.37. The summed E-state index contributed by atoms with van der Waals surface area (Å²) in [5, 5.41) is 40.1. The lowest BCUT2D eigenvalue weighted by Crippen LogP contribution is -2.59. The predicted octanol–water partition coefficient (Wildman–Crippen LogP) is -3.15. The molecule has 9 heteroatoms. The lowest BCUT2D eigenvalue weighted by Gasteiger charge is -2.39. The quantitative estimate of drug-likeness (QED) is 0.226. The van der Waals surface area contributed by atoms with E-state index in [1.54, 1.807) is 0 Å². The van der Waals surface area contributed by atoms with Crippen LogP contribution in [0.15, 0.2) is 0 Å². The summed E-state index contributed by atoms with van der Waals surface area (Å²) in [5.41, 5.74) is 0. The van der Waals surface area contributed by atoms with Gasteiger partial charge in [-0.3, -0.25) is 4.79 Å². The monoisotopic (exact) mass is 297 g/mol. The van der Waals surface area contributed by atoms with Crippen molar-refractivity contribution in [3.63, 3.8) is 0 Å². The smallest absolute Gasteiger partial charge is 0.229 e. The molecule has 1 heterocycles. The van der Waals surface area contributed by atoms with Gasteiger partial charge in [0.15, 0.2) is 6.29 Å². The minimum absolute atomic E-state index is 0.0439. The molecule has 0 aliphatic carbocycles. The molecule has 5 atom stereocenters. The standard InChI is InChI=1S/C10H19NO7S/c12-3-5-7(14)8(15)9(16)10(18-5)17-2-1-11-6(13)4-19/h5,7-10,12,14-16,19H,1-4H2,(H,11,13)/t5-,7+,8+,9-,10-/m1/s1. The van der Waals surface area contributed by atoms with Gasteiger partial charge in [-0.2, -0.15) is 12.6 Å². The highest BCUT2D eigenvalue weighted by molar-refractivity contribution is 7.81. The maximum Gasteiger partial charge on any atom is 0.229 e. The molecule has 1 fully saturated rings. The van der Waals surface area contributed by atoms with Gasteiger partial charge in [0.25, 0.3) is 0 Å². The number of hydrogen-bond acceptors (Lipinski definition) is 8. The van der Waals surface area contributed by atoms with Crippen molar-refractivity contribution in [3.8, 4) is 0 Å². The number of nitrogens with one attached hydrogen (secondary N) is 1. The van der Waals surface area contributed by atoms with E-state index in [1.807, 2.05) is 0 Å². The minimum atomic E-state index is -1.47. The lowest BCUT2D eigenvalue weighted by molar-refractivity contribution is -0.300. The molecule has 0 bridgehead atoms. The van der Waals surface area contributed by atoms with Crippen molar-refractivity contribution in [2.45, 2.75) is 30.7 Å². The van der Waals surface area contributed by atoms with Gasteiger partial charge in [-0.05, 0) is 0 Å². The fourth-order valence-electron chi connectivity index (χ4n) is 1.63. The maximum absolute atomic E-state index is 10.9. The predicted molar refractivity (Wildman–Crippen MR) is 66.6 cm³/mol. The van der Waals surface area contributed by atoms with Gasteiger partial charge in [0.2, 0.25) is 5.91 Å². The maximum atomic E-state index is 10.9. The Bertz CT molecular complexity index is 291. The van der Waals surface area contributed by atoms with Gasteiger partial charge >= 0.3 is 0 Å². The summed E-state index contributed by atoms with van der Waals surface area (Å²) in [6.45, 7) is -0.280. The normalized spacial score (nSPS) is 35.1. The van der Waals surface area contributed by atoms with Crippen LogP contribution < -0.4 is 5.32 Å². The van der Waals surface area contributed by atoms with Crippen LogP contribution in [0.2, 0.25) is 0 Å². The molecule has 112 valence electrons.